The summed E-state index contributed by atoms with van der Waals surface area (Å²) in [5.41, 5.74) is 3.44. The van der Waals surface area contributed by atoms with Crippen molar-refractivity contribution < 1.29 is 9.53 Å². The van der Waals surface area contributed by atoms with Crippen molar-refractivity contribution in [3.8, 4) is 5.75 Å². The van der Waals surface area contributed by atoms with Crippen LogP contribution in [0.3, 0.4) is 0 Å². The fourth-order valence-corrected chi connectivity index (χ4v) is 2.27. The monoisotopic (exact) mass is 257 g/mol. The molecule has 98 valence electrons. The molecule has 1 amide bonds. The zero-order valence-electron chi connectivity index (χ0n) is 10.9. The van der Waals surface area contributed by atoms with Crippen molar-refractivity contribution >= 4 is 11.6 Å². The predicted molar refractivity (Wildman–Crippen MR) is 71.3 cm³/mol. The number of rotatable bonds is 2. The third kappa shape index (κ3) is 2.07. The van der Waals surface area contributed by atoms with Gasteiger partial charge in [0.15, 0.2) is 6.10 Å². The molecule has 2 aromatic rings. The maximum absolute atomic E-state index is 12.2. The lowest BCUT2D eigenvalue weighted by Gasteiger charge is -2.11. The average Bonchev–Trinajstić information content (AvgIpc) is 2.97. The van der Waals surface area contributed by atoms with E-state index in [1.165, 1.54) is 0 Å². The van der Waals surface area contributed by atoms with E-state index in [-0.39, 0.29) is 5.91 Å². The molecule has 1 aliphatic rings. The molecular formula is C14H15N3O2. The minimum absolute atomic E-state index is 0.135. The summed E-state index contributed by atoms with van der Waals surface area (Å²) in [6, 6.07) is 7.73. The lowest BCUT2D eigenvalue weighted by atomic mass is 10.1. The Kier molecular flexibility index (Phi) is 2.74. The number of hydrogen-bond acceptors (Lipinski definition) is 3. The van der Waals surface area contributed by atoms with E-state index < -0.39 is 6.10 Å². The van der Waals surface area contributed by atoms with Crippen LogP contribution in [0.5, 0.6) is 5.75 Å². The molecule has 0 spiro atoms. The van der Waals surface area contributed by atoms with Crippen LogP contribution in [0.15, 0.2) is 24.3 Å². The number of nitrogens with one attached hydrogen (secondary N) is 2. The average molecular weight is 257 g/mol. The summed E-state index contributed by atoms with van der Waals surface area (Å²) in [6.45, 7) is 3.73. The van der Waals surface area contributed by atoms with Gasteiger partial charge in [-0.05, 0) is 25.5 Å². The summed E-state index contributed by atoms with van der Waals surface area (Å²) in [5.74, 6) is 0.659. The molecule has 0 bridgehead atoms. The van der Waals surface area contributed by atoms with Gasteiger partial charge in [-0.1, -0.05) is 18.2 Å². The van der Waals surface area contributed by atoms with Gasteiger partial charge < -0.3 is 10.1 Å². The molecule has 5 heteroatoms. The number of anilines is 1. The highest BCUT2D eigenvalue weighted by Gasteiger charge is 2.29. The number of para-hydroxylation sites is 1. The Morgan fingerprint density at radius 1 is 1.42 bits per heavy atom. The fraction of sp³-hybridized carbons (Fsp3) is 0.286. The van der Waals surface area contributed by atoms with Crippen molar-refractivity contribution in [2.24, 2.45) is 0 Å². The Bertz CT molecular complexity index is 589. The second-order valence-electron chi connectivity index (χ2n) is 4.72. The number of carbonyl (C=O) groups excluding carboxylic acids is 1. The Balaban J connectivity index is 1.74. The number of amides is 1. The van der Waals surface area contributed by atoms with Crippen molar-refractivity contribution in [3.63, 3.8) is 0 Å². The van der Waals surface area contributed by atoms with Crippen LogP contribution in [0.2, 0.25) is 0 Å². The largest absolute Gasteiger partial charge is 0.480 e. The molecule has 2 heterocycles. The number of aryl methyl sites for hydroxylation is 2. The second-order valence-corrected chi connectivity index (χ2v) is 4.72. The first-order valence-corrected chi connectivity index (χ1v) is 6.22. The molecule has 0 saturated carbocycles. The summed E-state index contributed by atoms with van der Waals surface area (Å²) < 4.78 is 5.65. The quantitative estimate of drug-likeness (QED) is 0.864. The maximum atomic E-state index is 12.2. The minimum Gasteiger partial charge on any atom is -0.480 e. The van der Waals surface area contributed by atoms with E-state index in [2.05, 4.69) is 15.5 Å². The molecule has 5 nitrogen and oxygen atoms in total. The van der Waals surface area contributed by atoms with Gasteiger partial charge in [0.1, 0.15) is 5.75 Å². The zero-order chi connectivity index (χ0) is 13.4. The normalized spacial score (nSPS) is 16.8. The standard InChI is InChI=1S/C14H15N3O2/c1-8-13(9(2)17-16-8)15-14(18)12-7-10-5-3-4-6-11(10)19-12/h3-6,12H,7H2,1-2H3,(H,15,18)(H,16,17). The molecule has 1 atom stereocenters. The number of aromatic nitrogens is 2. The Morgan fingerprint density at radius 2 is 2.21 bits per heavy atom. The van der Waals surface area contributed by atoms with Gasteiger partial charge >= 0.3 is 0 Å². The van der Waals surface area contributed by atoms with Crippen molar-refractivity contribution in [2.45, 2.75) is 26.4 Å². The van der Waals surface area contributed by atoms with Gasteiger partial charge in [0.25, 0.3) is 5.91 Å². The Labute approximate surface area is 111 Å². The van der Waals surface area contributed by atoms with Gasteiger partial charge in [-0.2, -0.15) is 5.10 Å². The van der Waals surface area contributed by atoms with Crippen LogP contribution in [0.1, 0.15) is 17.0 Å². The first kappa shape index (κ1) is 11.8. The lowest BCUT2D eigenvalue weighted by Crippen LogP contribution is -2.31. The number of aromatic amines is 1. The zero-order valence-corrected chi connectivity index (χ0v) is 10.9. The lowest BCUT2D eigenvalue weighted by molar-refractivity contribution is -0.122. The van der Waals surface area contributed by atoms with Crippen LogP contribution in [0.25, 0.3) is 0 Å². The van der Waals surface area contributed by atoms with E-state index in [1.807, 2.05) is 38.1 Å². The topological polar surface area (TPSA) is 67.0 Å². The molecule has 3 rings (SSSR count). The Hall–Kier alpha value is -2.30. The first-order valence-electron chi connectivity index (χ1n) is 6.22. The summed E-state index contributed by atoms with van der Waals surface area (Å²) in [6.07, 6.45) is 0.143. The van der Waals surface area contributed by atoms with E-state index in [4.69, 9.17) is 4.74 Å². The first-order chi connectivity index (χ1) is 9.15. The van der Waals surface area contributed by atoms with Gasteiger partial charge in [-0.15, -0.1) is 0 Å². The molecule has 1 aromatic heterocycles. The van der Waals surface area contributed by atoms with Gasteiger partial charge in [0.05, 0.1) is 17.1 Å². The van der Waals surface area contributed by atoms with Crippen LogP contribution >= 0.6 is 0 Å². The summed E-state index contributed by atoms with van der Waals surface area (Å²) >= 11 is 0. The molecule has 1 unspecified atom stereocenters. The SMILES string of the molecule is Cc1n[nH]c(C)c1NC(=O)C1Cc2ccccc2O1. The van der Waals surface area contributed by atoms with Crippen LogP contribution in [0, 0.1) is 13.8 Å². The van der Waals surface area contributed by atoms with Gasteiger partial charge in [0.2, 0.25) is 0 Å². The summed E-state index contributed by atoms with van der Waals surface area (Å²) in [7, 11) is 0. The van der Waals surface area contributed by atoms with Crippen molar-refractivity contribution in [3.05, 3.63) is 41.2 Å². The number of nitrogens with zero attached hydrogens (tertiary/aromatic N) is 1. The second kappa shape index (κ2) is 4.42. The molecule has 19 heavy (non-hydrogen) atoms. The van der Waals surface area contributed by atoms with Crippen LogP contribution in [-0.4, -0.2) is 22.2 Å². The van der Waals surface area contributed by atoms with E-state index >= 15 is 0 Å². The fourth-order valence-electron chi connectivity index (χ4n) is 2.27. The van der Waals surface area contributed by atoms with E-state index in [9.17, 15) is 4.79 Å². The van der Waals surface area contributed by atoms with Crippen molar-refractivity contribution in [1.82, 2.24) is 10.2 Å². The number of carbonyl (C=O) groups is 1. The summed E-state index contributed by atoms with van der Waals surface area (Å²) in [4.78, 5) is 12.2. The predicted octanol–water partition coefficient (Wildman–Crippen LogP) is 1.97. The van der Waals surface area contributed by atoms with Gasteiger partial charge in [-0.3, -0.25) is 9.89 Å². The number of ether oxygens (including phenoxy) is 1. The minimum atomic E-state index is -0.467. The number of benzene rings is 1. The molecule has 2 N–H and O–H groups in total. The van der Waals surface area contributed by atoms with Crippen molar-refractivity contribution in [1.29, 1.82) is 0 Å². The summed E-state index contributed by atoms with van der Waals surface area (Å²) in [5, 5.41) is 9.78. The third-order valence-electron chi connectivity index (χ3n) is 3.32. The molecule has 1 aromatic carbocycles. The highest BCUT2D eigenvalue weighted by Crippen LogP contribution is 2.29. The van der Waals surface area contributed by atoms with Crippen LogP contribution < -0.4 is 10.1 Å². The third-order valence-corrected chi connectivity index (χ3v) is 3.32. The molecule has 0 fully saturated rings. The number of H-pyrrole nitrogens is 1. The molecule has 0 aliphatic carbocycles. The Morgan fingerprint density at radius 3 is 2.89 bits per heavy atom. The smallest absolute Gasteiger partial charge is 0.265 e. The molecule has 0 radical (unpaired) electrons. The van der Waals surface area contributed by atoms with Gasteiger partial charge in [0, 0.05) is 6.42 Å². The van der Waals surface area contributed by atoms with Crippen molar-refractivity contribution in [2.75, 3.05) is 5.32 Å². The molecule has 1 aliphatic heterocycles. The van der Waals surface area contributed by atoms with E-state index in [1.54, 1.807) is 0 Å². The maximum Gasteiger partial charge on any atom is 0.265 e. The van der Waals surface area contributed by atoms with Crippen LogP contribution in [-0.2, 0) is 11.2 Å². The molecule has 0 saturated heterocycles. The van der Waals surface area contributed by atoms with E-state index in [0.717, 1.165) is 28.4 Å². The highest BCUT2D eigenvalue weighted by atomic mass is 16.5. The van der Waals surface area contributed by atoms with Gasteiger partial charge in [-0.25, -0.2) is 0 Å². The highest BCUT2D eigenvalue weighted by molar-refractivity contribution is 5.96. The number of hydrogen-bond donors (Lipinski definition) is 2. The molecular weight excluding hydrogens is 242 g/mol. The van der Waals surface area contributed by atoms with Crippen LogP contribution in [0.4, 0.5) is 5.69 Å². The number of fused-ring (bicyclic) bond motifs is 1. The van der Waals surface area contributed by atoms with E-state index in [0.29, 0.717) is 6.42 Å².